The van der Waals surface area contributed by atoms with Gasteiger partial charge in [-0.05, 0) is 43.2 Å². The fourth-order valence-electron chi connectivity index (χ4n) is 3.45. The lowest BCUT2D eigenvalue weighted by atomic mass is 10.0. The molecule has 182 valence electrons. The summed E-state index contributed by atoms with van der Waals surface area (Å²) in [6, 6.07) is 8.05. The highest BCUT2D eigenvalue weighted by Gasteiger charge is 2.29. The Balaban J connectivity index is 2.34. The molecule has 0 atom stereocenters. The Morgan fingerprint density at radius 3 is 2.35 bits per heavy atom. The van der Waals surface area contributed by atoms with Crippen LogP contribution in [-0.4, -0.2) is 39.9 Å². The molecule has 3 aromatic rings. The second-order valence-corrected chi connectivity index (χ2v) is 9.43. The number of hydrogen-bond acceptors (Lipinski definition) is 7. The maximum absolute atomic E-state index is 13.5. The Hall–Kier alpha value is -3.60. The van der Waals surface area contributed by atoms with E-state index >= 15 is 0 Å². The molecule has 1 amide bonds. The van der Waals surface area contributed by atoms with Crippen LogP contribution in [0.2, 0.25) is 0 Å². The molecule has 0 fully saturated rings. The lowest BCUT2D eigenvalue weighted by Gasteiger charge is -2.24. The minimum Gasteiger partial charge on any atom is -0.491 e. The molecule has 34 heavy (non-hydrogen) atoms. The summed E-state index contributed by atoms with van der Waals surface area (Å²) in [7, 11) is -3.67. The Morgan fingerprint density at radius 1 is 1.12 bits per heavy atom. The average Bonchev–Trinajstić information content (AvgIpc) is 3.13. The summed E-state index contributed by atoms with van der Waals surface area (Å²) >= 11 is 0. The van der Waals surface area contributed by atoms with Crippen LogP contribution in [-0.2, 0) is 14.8 Å². The van der Waals surface area contributed by atoms with Crippen LogP contribution in [0.15, 0.2) is 40.8 Å². The summed E-state index contributed by atoms with van der Waals surface area (Å²) in [5.41, 5.74) is 5.61. The van der Waals surface area contributed by atoms with Gasteiger partial charge in [0, 0.05) is 23.6 Å². The van der Waals surface area contributed by atoms with Gasteiger partial charge in [0.2, 0.25) is 10.0 Å². The first-order valence-electron chi connectivity index (χ1n) is 10.5. The first kappa shape index (κ1) is 25.0. The number of rotatable bonds is 9. The van der Waals surface area contributed by atoms with E-state index in [2.05, 4.69) is 4.74 Å². The molecule has 1 heterocycles. The first-order valence-corrected chi connectivity index (χ1v) is 12.4. The molecule has 0 aliphatic heterocycles. The van der Waals surface area contributed by atoms with E-state index in [0.717, 1.165) is 6.26 Å². The van der Waals surface area contributed by atoms with Crippen LogP contribution in [0.4, 0.5) is 14.9 Å². The van der Waals surface area contributed by atoms with Gasteiger partial charge in [-0.1, -0.05) is 13.8 Å². The number of esters is 1. The number of carbonyl (C=O) groups excluding carboxylic acids is 2. The summed E-state index contributed by atoms with van der Waals surface area (Å²) in [4.78, 5) is 24.1. The van der Waals surface area contributed by atoms with Crippen LogP contribution < -0.4 is 14.8 Å². The van der Waals surface area contributed by atoms with Gasteiger partial charge in [-0.3, -0.25) is 4.31 Å². The maximum Gasteiger partial charge on any atom is 0.412 e. The lowest BCUT2D eigenvalue weighted by Crippen LogP contribution is -2.31. The predicted molar refractivity (Wildman–Crippen MR) is 125 cm³/mol. The van der Waals surface area contributed by atoms with Crippen molar-refractivity contribution in [1.82, 2.24) is 0 Å². The number of carbonyl (C=O) groups is 2. The van der Waals surface area contributed by atoms with Crippen LogP contribution in [0.25, 0.3) is 22.3 Å². The zero-order valence-electron chi connectivity index (χ0n) is 19.0. The lowest BCUT2D eigenvalue weighted by molar-refractivity contribution is 0.0640. The quantitative estimate of drug-likeness (QED) is 0.345. The number of halogens is 1. The Bertz CT molecular complexity index is 1320. The molecule has 0 unspecified atom stereocenters. The smallest absolute Gasteiger partial charge is 0.412 e. The first-order chi connectivity index (χ1) is 16.1. The molecule has 9 nitrogen and oxygen atoms in total. The van der Waals surface area contributed by atoms with Crippen molar-refractivity contribution in [2.24, 2.45) is 5.73 Å². The van der Waals surface area contributed by atoms with Gasteiger partial charge in [0.1, 0.15) is 28.5 Å². The molecule has 0 aliphatic carbocycles. The summed E-state index contributed by atoms with van der Waals surface area (Å²) < 4.78 is 56.0. The van der Waals surface area contributed by atoms with Crippen molar-refractivity contribution in [3.63, 3.8) is 0 Å². The number of nitrogens with two attached hydrogens (primary N) is 1. The molecule has 0 spiro atoms. The van der Waals surface area contributed by atoms with Gasteiger partial charge in [-0.15, -0.1) is 0 Å². The number of fused-ring (bicyclic) bond motifs is 1. The third-order valence-electron chi connectivity index (χ3n) is 4.83. The summed E-state index contributed by atoms with van der Waals surface area (Å²) in [5.74, 6) is -1.37. The molecule has 1 aromatic heterocycles. The van der Waals surface area contributed by atoms with E-state index in [4.69, 9.17) is 14.9 Å². The number of benzene rings is 2. The number of furan rings is 1. The largest absolute Gasteiger partial charge is 0.491 e. The second kappa shape index (κ2) is 10.1. The zero-order valence-corrected chi connectivity index (χ0v) is 19.8. The Morgan fingerprint density at radius 2 is 1.79 bits per heavy atom. The molecule has 0 bridgehead atoms. The standard InChI is InChI=1S/C23H25FN2O7S/c1-4-10-26(34(3,29)30)17-13-18-16(12-19(17)31-11-5-2)20(22(27)33-23(25)28)21(32-18)14-6-8-15(24)9-7-14/h6-9,12-13H,4-5,10-11H2,1-3H3,(H2,25,28). The monoisotopic (exact) mass is 492 g/mol. The third kappa shape index (κ3) is 5.30. The zero-order chi connectivity index (χ0) is 25.0. The topological polar surface area (TPSA) is 129 Å². The van der Waals surface area contributed by atoms with E-state index in [1.54, 1.807) is 0 Å². The number of primary amides is 1. The van der Waals surface area contributed by atoms with Gasteiger partial charge in [-0.2, -0.15) is 0 Å². The van der Waals surface area contributed by atoms with Crippen LogP contribution >= 0.6 is 0 Å². The number of amides is 1. The number of nitrogens with zero attached hydrogens (tertiary/aromatic N) is 1. The average molecular weight is 493 g/mol. The van der Waals surface area contributed by atoms with E-state index < -0.39 is 27.9 Å². The number of anilines is 1. The summed E-state index contributed by atoms with van der Waals surface area (Å²) in [6.45, 7) is 4.19. The fourth-order valence-corrected chi connectivity index (χ4v) is 4.47. The van der Waals surface area contributed by atoms with Gasteiger partial charge in [0.15, 0.2) is 0 Å². The molecular weight excluding hydrogens is 467 g/mol. The highest BCUT2D eigenvalue weighted by atomic mass is 32.2. The predicted octanol–water partition coefficient (Wildman–Crippen LogP) is 4.44. The summed E-state index contributed by atoms with van der Waals surface area (Å²) in [6.07, 6.45) is 0.952. The molecule has 0 radical (unpaired) electrons. The van der Waals surface area contributed by atoms with Crippen LogP contribution in [0, 0.1) is 5.82 Å². The van der Waals surface area contributed by atoms with E-state index in [1.165, 1.54) is 40.7 Å². The maximum atomic E-state index is 13.5. The molecule has 0 saturated carbocycles. The highest BCUT2D eigenvalue weighted by molar-refractivity contribution is 7.92. The molecule has 11 heteroatoms. The summed E-state index contributed by atoms with van der Waals surface area (Å²) in [5, 5.41) is 0.213. The van der Waals surface area contributed by atoms with Crippen molar-refractivity contribution in [1.29, 1.82) is 0 Å². The van der Waals surface area contributed by atoms with Crippen LogP contribution in [0.3, 0.4) is 0 Å². The van der Waals surface area contributed by atoms with Crippen molar-refractivity contribution < 1.29 is 36.3 Å². The second-order valence-electron chi connectivity index (χ2n) is 7.52. The minimum absolute atomic E-state index is 0.00115. The molecule has 2 N–H and O–H groups in total. The van der Waals surface area contributed by atoms with Crippen molar-refractivity contribution in [2.75, 3.05) is 23.7 Å². The van der Waals surface area contributed by atoms with Gasteiger partial charge >= 0.3 is 12.1 Å². The van der Waals surface area contributed by atoms with E-state index in [9.17, 15) is 22.4 Å². The molecule has 0 saturated heterocycles. The SMILES string of the molecule is CCCOc1cc2c(C(=O)OC(N)=O)c(-c3ccc(F)cc3)oc2cc1N(CCC)S(C)(=O)=O. The van der Waals surface area contributed by atoms with Gasteiger partial charge in [-0.25, -0.2) is 22.4 Å². The van der Waals surface area contributed by atoms with Crippen LogP contribution in [0.5, 0.6) is 5.75 Å². The van der Waals surface area contributed by atoms with Crippen molar-refractivity contribution >= 4 is 38.7 Å². The van der Waals surface area contributed by atoms with Crippen molar-refractivity contribution in [2.45, 2.75) is 26.7 Å². The third-order valence-corrected chi connectivity index (χ3v) is 6.01. The van der Waals surface area contributed by atoms with Gasteiger partial charge in [0.25, 0.3) is 0 Å². The number of ether oxygens (including phenoxy) is 2. The van der Waals surface area contributed by atoms with Crippen molar-refractivity contribution in [3.8, 4) is 17.1 Å². The highest BCUT2D eigenvalue weighted by Crippen LogP contribution is 2.41. The van der Waals surface area contributed by atoms with E-state index in [1.807, 2.05) is 13.8 Å². The van der Waals surface area contributed by atoms with E-state index in [-0.39, 0.29) is 46.9 Å². The molecule has 2 aromatic carbocycles. The Labute approximate surface area is 196 Å². The normalized spacial score (nSPS) is 11.4. The molecule has 0 aliphatic rings. The van der Waals surface area contributed by atoms with E-state index in [0.29, 0.717) is 18.4 Å². The molecule has 3 rings (SSSR count). The van der Waals surface area contributed by atoms with Crippen LogP contribution in [0.1, 0.15) is 37.0 Å². The Kier molecular flexibility index (Phi) is 7.45. The molecular formula is C23H25FN2O7S. The van der Waals surface area contributed by atoms with Crippen molar-refractivity contribution in [3.05, 3.63) is 47.8 Å². The number of hydrogen-bond donors (Lipinski definition) is 1. The van der Waals surface area contributed by atoms with Gasteiger partial charge in [0.05, 0.1) is 18.6 Å². The van der Waals surface area contributed by atoms with Gasteiger partial charge < -0.3 is 19.6 Å². The number of sulfonamides is 1. The minimum atomic E-state index is -3.67. The fraction of sp³-hybridized carbons (Fsp3) is 0.304.